The lowest BCUT2D eigenvalue weighted by Gasteiger charge is -2.18. The van der Waals surface area contributed by atoms with Gasteiger partial charge in [-0.25, -0.2) is 0 Å². The second kappa shape index (κ2) is 4.42. The molecule has 2 heterocycles. The topological polar surface area (TPSA) is 33.6 Å². The molecule has 0 aliphatic heterocycles. The number of hydrogen-bond donors (Lipinski definition) is 1. The van der Waals surface area contributed by atoms with E-state index in [1.54, 1.807) is 0 Å². The molecule has 4 heteroatoms. The summed E-state index contributed by atoms with van der Waals surface area (Å²) in [6.45, 7) is 2.33. The highest BCUT2D eigenvalue weighted by Gasteiger charge is 2.27. The summed E-state index contributed by atoms with van der Waals surface area (Å²) in [6, 6.07) is 8.82. The molecule has 1 aliphatic rings. The molecule has 102 valence electrons. The molecule has 1 fully saturated rings. The van der Waals surface area contributed by atoms with Gasteiger partial charge in [0, 0.05) is 11.4 Å². The van der Waals surface area contributed by atoms with Crippen molar-refractivity contribution in [2.75, 3.05) is 0 Å². The number of nitrogens with one attached hydrogen (secondary N) is 1. The number of H-pyrrole nitrogens is 1. The Kier molecular flexibility index (Phi) is 2.67. The van der Waals surface area contributed by atoms with Crippen LogP contribution >= 0.6 is 12.2 Å². The second-order valence-electron chi connectivity index (χ2n) is 5.81. The van der Waals surface area contributed by atoms with E-state index >= 15 is 0 Å². The van der Waals surface area contributed by atoms with Gasteiger partial charge in [0.25, 0.3) is 0 Å². The van der Waals surface area contributed by atoms with Crippen LogP contribution < -0.4 is 0 Å². The SMILES string of the molecule is CC1CCCC1n1c(=S)[nH]c2cnc3ccccc3c21. The first kappa shape index (κ1) is 12.1. The van der Waals surface area contributed by atoms with Crippen LogP contribution in [0.4, 0.5) is 0 Å². The number of aromatic amines is 1. The molecule has 4 rings (SSSR count). The molecule has 3 aromatic rings. The van der Waals surface area contributed by atoms with Crippen molar-refractivity contribution in [3.05, 3.63) is 35.2 Å². The molecule has 2 aromatic heterocycles. The third kappa shape index (κ3) is 1.64. The summed E-state index contributed by atoms with van der Waals surface area (Å²) in [5, 5.41) is 1.19. The average Bonchev–Trinajstić information content (AvgIpc) is 3.01. The summed E-state index contributed by atoms with van der Waals surface area (Å²) in [6.07, 6.45) is 5.72. The fourth-order valence-electron chi connectivity index (χ4n) is 3.58. The minimum atomic E-state index is 0.516. The van der Waals surface area contributed by atoms with Crippen LogP contribution in [0.25, 0.3) is 21.9 Å². The number of hydrogen-bond acceptors (Lipinski definition) is 2. The van der Waals surface area contributed by atoms with Crippen molar-refractivity contribution >= 4 is 34.2 Å². The van der Waals surface area contributed by atoms with Gasteiger partial charge in [0.15, 0.2) is 4.77 Å². The molecule has 1 N–H and O–H groups in total. The van der Waals surface area contributed by atoms with Crippen molar-refractivity contribution < 1.29 is 0 Å². The first-order valence-electron chi connectivity index (χ1n) is 7.23. The van der Waals surface area contributed by atoms with Gasteiger partial charge in [0.2, 0.25) is 0 Å². The maximum Gasteiger partial charge on any atom is 0.178 e. The van der Waals surface area contributed by atoms with Gasteiger partial charge in [-0.05, 0) is 37.0 Å². The van der Waals surface area contributed by atoms with E-state index in [2.05, 4.69) is 39.7 Å². The van der Waals surface area contributed by atoms with Crippen molar-refractivity contribution in [2.45, 2.75) is 32.2 Å². The zero-order valence-corrected chi connectivity index (χ0v) is 12.3. The minimum absolute atomic E-state index is 0.516. The van der Waals surface area contributed by atoms with Crippen LogP contribution in [0.3, 0.4) is 0 Å². The fraction of sp³-hybridized carbons (Fsp3) is 0.375. The van der Waals surface area contributed by atoms with E-state index in [1.165, 1.54) is 30.2 Å². The molecule has 1 aromatic carbocycles. The van der Waals surface area contributed by atoms with Crippen molar-refractivity contribution in [3.8, 4) is 0 Å². The van der Waals surface area contributed by atoms with E-state index in [0.29, 0.717) is 12.0 Å². The lowest BCUT2D eigenvalue weighted by molar-refractivity contribution is 0.413. The first-order chi connectivity index (χ1) is 9.75. The molecular formula is C16H17N3S. The number of imidazole rings is 1. The second-order valence-corrected chi connectivity index (χ2v) is 6.20. The Balaban J connectivity index is 2.11. The molecule has 1 aliphatic carbocycles. The molecule has 2 unspecified atom stereocenters. The van der Waals surface area contributed by atoms with Gasteiger partial charge >= 0.3 is 0 Å². The Morgan fingerprint density at radius 1 is 1.30 bits per heavy atom. The zero-order valence-electron chi connectivity index (χ0n) is 11.5. The Morgan fingerprint density at radius 3 is 2.95 bits per heavy atom. The number of rotatable bonds is 1. The predicted molar refractivity (Wildman–Crippen MR) is 84.5 cm³/mol. The lowest BCUT2D eigenvalue weighted by atomic mass is 10.1. The molecule has 2 atom stereocenters. The zero-order chi connectivity index (χ0) is 13.7. The largest absolute Gasteiger partial charge is 0.329 e. The monoisotopic (exact) mass is 283 g/mol. The van der Waals surface area contributed by atoms with E-state index in [0.717, 1.165) is 15.8 Å². The van der Waals surface area contributed by atoms with Crippen LogP contribution in [0.15, 0.2) is 30.5 Å². The van der Waals surface area contributed by atoms with Crippen LogP contribution in [-0.4, -0.2) is 14.5 Å². The summed E-state index contributed by atoms with van der Waals surface area (Å²) < 4.78 is 3.17. The molecule has 0 bridgehead atoms. The highest BCUT2D eigenvalue weighted by Crippen LogP contribution is 2.38. The van der Waals surface area contributed by atoms with E-state index in [1.807, 2.05) is 12.3 Å². The number of benzene rings is 1. The number of pyridine rings is 1. The van der Waals surface area contributed by atoms with Gasteiger partial charge in [0.1, 0.15) is 0 Å². The molecule has 0 amide bonds. The Morgan fingerprint density at radius 2 is 2.15 bits per heavy atom. The number of aromatic nitrogens is 3. The van der Waals surface area contributed by atoms with Gasteiger partial charge in [-0.2, -0.15) is 0 Å². The maximum atomic E-state index is 5.59. The highest BCUT2D eigenvalue weighted by molar-refractivity contribution is 7.71. The van der Waals surface area contributed by atoms with Crippen LogP contribution in [0.2, 0.25) is 0 Å². The standard InChI is InChI=1S/C16H17N3S/c1-10-5-4-8-14(10)19-15-11-6-2-3-7-12(11)17-9-13(15)18-16(19)20/h2-3,6-7,9-10,14H,4-5,8H2,1H3,(H,18,20). The summed E-state index contributed by atoms with van der Waals surface area (Å²) >= 11 is 5.59. The maximum absolute atomic E-state index is 5.59. The number of para-hydroxylation sites is 1. The van der Waals surface area contributed by atoms with Gasteiger partial charge in [-0.1, -0.05) is 31.5 Å². The quantitative estimate of drug-likeness (QED) is 0.662. The van der Waals surface area contributed by atoms with Gasteiger partial charge < -0.3 is 9.55 Å². The molecule has 3 nitrogen and oxygen atoms in total. The van der Waals surface area contributed by atoms with Crippen LogP contribution in [0, 0.1) is 10.7 Å². The van der Waals surface area contributed by atoms with Crippen LogP contribution in [0.5, 0.6) is 0 Å². The molecule has 1 saturated carbocycles. The molecular weight excluding hydrogens is 266 g/mol. The van der Waals surface area contributed by atoms with Crippen LogP contribution in [0.1, 0.15) is 32.2 Å². The number of fused-ring (bicyclic) bond motifs is 3. The van der Waals surface area contributed by atoms with E-state index < -0.39 is 0 Å². The van der Waals surface area contributed by atoms with E-state index in [9.17, 15) is 0 Å². The van der Waals surface area contributed by atoms with Crippen molar-refractivity contribution in [1.29, 1.82) is 0 Å². The van der Waals surface area contributed by atoms with Gasteiger partial charge in [-0.15, -0.1) is 0 Å². The molecule has 0 radical (unpaired) electrons. The Bertz CT molecular complexity index is 846. The van der Waals surface area contributed by atoms with Crippen LogP contribution in [-0.2, 0) is 0 Å². The van der Waals surface area contributed by atoms with Gasteiger partial charge in [-0.3, -0.25) is 4.98 Å². The summed E-state index contributed by atoms with van der Waals surface area (Å²) in [5.41, 5.74) is 3.31. The van der Waals surface area contributed by atoms with E-state index in [-0.39, 0.29) is 0 Å². The third-order valence-electron chi connectivity index (χ3n) is 4.60. The predicted octanol–water partition coefficient (Wildman–Crippen LogP) is 4.61. The van der Waals surface area contributed by atoms with E-state index in [4.69, 9.17) is 12.2 Å². The van der Waals surface area contributed by atoms with Crippen molar-refractivity contribution in [2.24, 2.45) is 5.92 Å². The molecule has 0 spiro atoms. The van der Waals surface area contributed by atoms with Crippen molar-refractivity contribution in [3.63, 3.8) is 0 Å². The third-order valence-corrected chi connectivity index (χ3v) is 4.89. The summed E-state index contributed by atoms with van der Waals surface area (Å²) in [4.78, 5) is 7.85. The highest BCUT2D eigenvalue weighted by atomic mass is 32.1. The molecule has 0 saturated heterocycles. The minimum Gasteiger partial charge on any atom is -0.329 e. The molecule has 20 heavy (non-hydrogen) atoms. The summed E-state index contributed by atoms with van der Waals surface area (Å²) in [7, 11) is 0. The van der Waals surface area contributed by atoms with Crippen molar-refractivity contribution in [1.82, 2.24) is 14.5 Å². The van der Waals surface area contributed by atoms with Gasteiger partial charge in [0.05, 0.1) is 22.7 Å². The average molecular weight is 283 g/mol. The fourth-order valence-corrected chi connectivity index (χ4v) is 3.92. The number of nitrogens with zero attached hydrogens (tertiary/aromatic N) is 2. The lowest BCUT2D eigenvalue weighted by Crippen LogP contribution is -2.11. The Labute approximate surface area is 122 Å². The normalized spacial score (nSPS) is 22.9. The smallest absolute Gasteiger partial charge is 0.178 e. The Hall–Kier alpha value is -1.68. The first-order valence-corrected chi connectivity index (χ1v) is 7.64. The summed E-state index contributed by atoms with van der Waals surface area (Å²) in [5.74, 6) is 0.688.